The van der Waals surface area contributed by atoms with Crippen LogP contribution in [-0.4, -0.2) is 47.3 Å². The average Bonchev–Trinajstić information content (AvgIpc) is 2.65. The summed E-state index contributed by atoms with van der Waals surface area (Å²) >= 11 is 0. The summed E-state index contributed by atoms with van der Waals surface area (Å²) in [6.07, 6.45) is 1.04. The molecule has 3 N–H and O–H groups in total. The molecule has 0 aromatic rings. The van der Waals surface area contributed by atoms with Crippen LogP contribution in [0.4, 0.5) is 0 Å². The smallest absolute Gasteiger partial charge is 0.256 e. The summed E-state index contributed by atoms with van der Waals surface area (Å²) in [5.41, 5.74) is 5.87. The van der Waals surface area contributed by atoms with Crippen LogP contribution in [0.3, 0.4) is 0 Å². The lowest BCUT2D eigenvalue weighted by molar-refractivity contribution is -0.135. The van der Waals surface area contributed by atoms with Gasteiger partial charge in [-0.25, -0.2) is 0 Å². The van der Waals surface area contributed by atoms with Gasteiger partial charge in [0.1, 0.15) is 12.2 Å². The summed E-state index contributed by atoms with van der Waals surface area (Å²) in [5.74, 6) is 0.0562. The molecule has 0 bridgehead atoms. The minimum atomic E-state index is -0.405. The van der Waals surface area contributed by atoms with Crippen LogP contribution in [0.25, 0.3) is 0 Å². The Kier molecular flexibility index (Phi) is 2.47. The second-order valence-electron chi connectivity index (χ2n) is 4.27. The predicted octanol–water partition coefficient (Wildman–Crippen LogP) is -0.899. The van der Waals surface area contributed by atoms with E-state index in [0.717, 1.165) is 19.5 Å². The maximum absolute atomic E-state index is 11.7. The molecular formula is C9H18N4O. The number of carbonyl (C=O) groups is 1. The van der Waals surface area contributed by atoms with Gasteiger partial charge >= 0.3 is 0 Å². The number of amides is 1. The van der Waals surface area contributed by atoms with Crippen LogP contribution < -0.4 is 11.1 Å². The number of fused-ring (bicyclic) bond motifs is 1. The molecule has 5 heteroatoms. The van der Waals surface area contributed by atoms with Crippen molar-refractivity contribution in [1.82, 2.24) is 15.3 Å². The van der Waals surface area contributed by atoms with Crippen molar-refractivity contribution in [3.05, 3.63) is 0 Å². The zero-order valence-electron chi connectivity index (χ0n) is 8.73. The Hall–Kier alpha value is -0.650. The van der Waals surface area contributed by atoms with Crippen molar-refractivity contribution < 1.29 is 4.79 Å². The molecule has 1 amide bonds. The Balaban J connectivity index is 2.11. The number of hydrazine groups is 1. The summed E-state index contributed by atoms with van der Waals surface area (Å²) in [6.45, 7) is 5.89. The van der Waals surface area contributed by atoms with Crippen molar-refractivity contribution in [2.24, 2.45) is 5.73 Å². The molecule has 2 aliphatic heterocycles. The first kappa shape index (κ1) is 9.89. The third kappa shape index (κ3) is 1.41. The van der Waals surface area contributed by atoms with Crippen LogP contribution in [0.15, 0.2) is 0 Å². The number of rotatable bonds is 2. The molecule has 0 radical (unpaired) electrons. The number of hydrogen-bond donors (Lipinski definition) is 2. The Labute approximate surface area is 84.2 Å². The SMILES string of the molecule is CC(C)NC1C(N)C(=O)N2CCCN12. The zero-order valence-corrected chi connectivity index (χ0v) is 8.73. The molecule has 2 aliphatic rings. The van der Waals surface area contributed by atoms with Crippen LogP contribution in [0, 0.1) is 0 Å². The summed E-state index contributed by atoms with van der Waals surface area (Å²) in [6, 6.07) is -0.0582. The molecule has 5 nitrogen and oxygen atoms in total. The largest absolute Gasteiger partial charge is 0.317 e. The van der Waals surface area contributed by atoms with Gasteiger partial charge in [-0.3, -0.25) is 15.1 Å². The molecule has 2 unspecified atom stereocenters. The highest BCUT2D eigenvalue weighted by molar-refractivity contribution is 5.84. The van der Waals surface area contributed by atoms with E-state index in [-0.39, 0.29) is 12.1 Å². The molecule has 80 valence electrons. The van der Waals surface area contributed by atoms with Crippen molar-refractivity contribution in [3.63, 3.8) is 0 Å². The van der Waals surface area contributed by atoms with Gasteiger partial charge in [-0.1, -0.05) is 0 Å². The standard InChI is InChI=1S/C9H18N4O/c1-6(2)11-8-7(10)9(14)13-5-3-4-12(8)13/h6-8,11H,3-5,10H2,1-2H3. The molecular weight excluding hydrogens is 180 g/mol. The Bertz CT molecular complexity index is 243. The van der Waals surface area contributed by atoms with Crippen LogP contribution in [0.2, 0.25) is 0 Å². The van der Waals surface area contributed by atoms with E-state index in [4.69, 9.17) is 5.73 Å². The summed E-state index contributed by atoms with van der Waals surface area (Å²) < 4.78 is 0. The number of nitrogens with zero attached hydrogens (tertiary/aromatic N) is 2. The van der Waals surface area contributed by atoms with Gasteiger partial charge in [-0.2, -0.15) is 5.01 Å². The van der Waals surface area contributed by atoms with Crippen molar-refractivity contribution in [3.8, 4) is 0 Å². The monoisotopic (exact) mass is 198 g/mol. The van der Waals surface area contributed by atoms with Crippen LogP contribution in [-0.2, 0) is 4.79 Å². The van der Waals surface area contributed by atoms with E-state index < -0.39 is 6.04 Å². The maximum atomic E-state index is 11.7. The lowest BCUT2D eigenvalue weighted by Gasteiger charge is -2.27. The molecule has 0 aromatic heterocycles. The lowest BCUT2D eigenvalue weighted by atomic mass is 10.2. The molecule has 0 aromatic carbocycles. The normalized spacial score (nSPS) is 33.1. The quantitative estimate of drug-likeness (QED) is 0.604. The van der Waals surface area contributed by atoms with E-state index in [2.05, 4.69) is 24.2 Å². The van der Waals surface area contributed by atoms with Gasteiger partial charge in [0.25, 0.3) is 5.91 Å². The van der Waals surface area contributed by atoms with Gasteiger partial charge in [-0.05, 0) is 20.3 Å². The predicted molar refractivity (Wildman–Crippen MR) is 53.1 cm³/mol. The molecule has 2 atom stereocenters. The molecule has 0 spiro atoms. The highest BCUT2D eigenvalue weighted by Crippen LogP contribution is 2.23. The van der Waals surface area contributed by atoms with E-state index in [1.807, 2.05) is 0 Å². The first-order chi connectivity index (χ1) is 6.61. The third-order valence-corrected chi connectivity index (χ3v) is 2.77. The Morgan fingerprint density at radius 1 is 1.50 bits per heavy atom. The number of hydrogen-bond acceptors (Lipinski definition) is 4. The molecule has 2 heterocycles. The Morgan fingerprint density at radius 2 is 2.21 bits per heavy atom. The number of nitrogens with one attached hydrogen (secondary N) is 1. The van der Waals surface area contributed by atoms with Gasteiger partial charge in [0.05, 0.1) is 0 Å². The first-order valence-electron chi connectivity index (χ1n) is 5.21. The first-order valence-corrected chi connectivity index (χ1v) is 5.21. The van der Waals surface area contributed by atoms with Gasteiger partial charge in [-0.15, -0.1) is 0 Å². The summed E-state index contributed by atoms with van der Waals surface area (Å²) in [4.78, 5) is 11.7. The van der Waals surface area contributed by atoms with Crippen molar-refractivity contribution in [1.29, 1.82) is 0 Å². The van der Waals surface area contributed by atoms with Gasteiger partial charge in [0, 0.05) is 19.1 Å². The van der Waals surface area contributed by atoms with E-state index in [0.29, 0.717) is 6.04 Å². The van der Waals surface area contributed by atoms with E-state index in [1.54, 1.807) is 5.01 Å². The van der Waals surface area contributed by atoms with E-state index in [1.165, 1.54) is 0 Å². The van der Waals surface area contributed by atoms with Crippen molar-refractivity contribution in [2.75, 3.05) is 13.1 Å². The summed E-state index contributed by atoms with van der Waals surface area (Å²) in [5, 5.41) is 7.18. The third-order valence-electron chi connectivity index (χ3n) is 2.77. The molecule has 14 heavy (non-hydrogen) atoms. The molecule has 2 fully saturated rings. The fourth-order valence-corrected chi connectivity index (χ4v) is 2.18. The fourth-order valence-electron chi connectivity index (χ4n) is 2.18. The summed E-state index contributed by atoms with van der Waals surface area (Å²) in [7, 11) is 0. The number of carbonyl (C=O) groups excluding carboxylic acids is 1. The maximum Gasteiger partial charge on any atom is 0.256 e. The molecule has 0 aliphatic carbocycles. The topological polar surface area (TPSA) is 61.6 Å². The molecule has 0 saturated carbocycles. The zero-order chi connectivity index (χ0) is 10.3. The average molecular weight is 198 g/mol. The minimum absolute atomic E-state index is 0.00926. The van der Waals surface area contributed by atoms with E-state index >= 15 is 0 Å². The van der Waals surface area contributed by atoms with Gasteiger partial charge < -0.3 is 5.73 Å². The highest BCUT2D eigenvalue weighted by Gasteiger charge is 2.46. The van der Waals surface area contributed by atoms with E-state index in [9.17, 15) is 4.79 Å². The van der Waals surface area contributed by atoms with Crippen LogP contribution in [0.5, 0.6) is 0 Å². The lowest BCUT2D eigenvalue weighted by Crippen LogP contribution is -2.53. The van der Waals surface area contributed by atoms with Gasteiger partial charge in [0.15, 0.2) is 0 Å². The molecule has 2 saturated heterocycles. The van der Waals surface area contributed by atoms with Crippen molar-refractivity contribution >= 4 is 5.91 Å². The number of nitrogens with two attached hydrogens (primary N) is 1. The Morgan fingerprint density at radius 3 is 2.86 bits per heavy atom. The fraction of sp³-hybridized carbons (Fsp3) is 0.889. The second kappa shape index (κ2) is 3.49. The molecule has 2 rings (SSSR count). The van der Waals surface area contributed by atoms with Crippen LogP contribution >= 0.6 is 0 Å². The van der Waals surface area contributed by atoms with Gasteiger partial charge in [0.2, 0.25) is 0 Å². The van der Waals surface area contributed by atoms with Crippen LogP contribution in [0.1, 0.15) is 20.3 Å². The highest BCUT2D eigenvalue weighted by atomic mass is 16.2. The minimum Gasteiger partial charge on any atom is -0.317 e. The second-order valence-corrected chi connectivity index (χ2v) is 4.27. The van der Waals surface area contributed by atoms with Crippen molar-refractivity contribution in [2.45, 2.75) is 38.5 Å².